The highest BCUT2D eigenvalue weighted by molar-refractivity contribution is 6.33. The first-order chi connectivity index (χ1) is 19.5. The molecule has 1 aliphatic carbocycles. The number of rotatable bonds is 6. The molecule has 0 radical (unpaired) electrons. The Morgan fingerprint density at radius 3 is 2.62 bits per heavy atom. The molecule has 7 rings (SSSR count). The molecule has 198 valence electrons. The fourth-order valence-corrected chi connectivity index (χ4v) is 6.08. The highest BCUT2D eigenvalue weighted by Gasteiger charge is 2.55. The Morgan fingerprint density at radius 2 is 1.93 bits per heavy atom. The predicted octanol–water partition coefficient (Wildman–Crippen LogP) is 3.83. The van der Waals surface area contributed by atoms with Crippen LogP contribution in [0, 0.1) is 29.1 Å². The van der Waals surface area contributed by atoms with E-state index in [1.165, 1.54) is 0 Å². The van der Waals surface area contributed by atoms with Crippen LogP contribution in [0.1, 0.15) is 16.1 Å². The van der Waals surface area contributed by atoms with Crippen LogP contribution in [0.5, 0.6) is 0 Å². The van der Waals surface area contributed by atoms with Crippen molar-refractivity contribution in [1.29, 1.82) is 5.26 Å². The molecule has 0 spiro atoms. The molecule has 1 N–H and O–H groups in total. The molecular weight excluding hydrogens is 526 g/mol. The maximum atomic E-state index is 12.5. The Bertz CT molecular complexity index is 1790. The average Bonchev–Trinajstić information content (AvgIpc) is 3.41. The van der Waals surface area contributed by atoms with Crippen molar-refractivity contribution in [1.82, 2.24) is 34.7 Å². The van der Waals surface area contributed by atoms with Crippen molar-refractivity contribution in [2.45, 2.75) is 0 Å². The normalized spacial score (nSPS) is 19.4. The quantitative estimate of drug-likeness (QED) is 0.342. The maximum Gasteiger partial charge on any atom is 0.271 e. The van der Waals surface area contributed by atoms with E-state index >= 15 is 0 Å². The summed E-state index contributed by atoms with van der Waals surface area (Å²) >= 11 is 6.10. The number of pyridine rings is 3. The molecule has 10 nitrogen and oxygen atoms in total. The van der Waals surface area contributed by atoms with E-state index < -0.39 is 0 Å². The van der Waals surface area contributed by atoms with Crippen molar-refractivity contribution in [3.8, 4) is 28.3 Å². The molecular formula is C29H24ClN9O. The maximum absolute atomic E-state index is 12.5. The average molecular weight is 550 g/mol. The highest BCUT2D eigenvalue weighted by Crippen LogP contribution is 2.52. The monoisotopic (exact) mass is 549 g/mol. The van der Waals surface area contributed by atoms with Crippen molar-refractivity contribution in [2.24, 2.45) is 24.8 Å². The van der Waals surface area contributed by atoms with Gasteiger partial charge in [0.25, 0.3) is 5.91 Å². The number of aryl methyl sites for hydroxylation is 1. The minimum atomic E-state index is -0.232. The number of amides is 1. The van der Waals surface area contributed by atoms with E-state index in [0.29, 0.717) is 34.9 Å². The molecule has 1 unspecified atom stereocenters. The smallest absolute Gasteiger partial charge is 0.271 e. The van der Waals surface area contributed by atoms with Gasteiger partial charge in [-0.15, -0.1) is 0 Å². The molecule has 5 aromatic heterocycles. The van der Waals surface area contributed by atoms with Gasteiger partial charge >= 0.3 is 0 Å². The standard InChI is InChI=1S/C29H24ClN9O/c1-37-13-20(11-35-37)18-7-21(28-19(8-31)10-36-39(28)14-18)17-4-5-26(33-9-17)38-15-23-22(24(23)16-38)12-34-29(40)27-25(30)3-2-6-32-27/h2-7,9-11,13-14,22-24H,12,15-16H2,1H3,(H,34,40)/t22?,23-,24+. The molecule has 1 saturated heterocycles. The second-order valence-electron chi connectivity index (χ2n) is 10.4. The third-order valence-electron chi connectivity index (χ3n) is 8.00. The largest absolute Gasteiger partial charge is 0.356 e. The van der Waals surface area contributed by atoms with Crippen molar-refractivity contribution in [3.63, 3.8) is 0 Å². The number of piperidine rings is 1. The SMILES string of the molecule is Cn1cc(-c2cc(-c3ccc(N4C[C@@H]5C(CNC(=O)c6ncccc6Cl)[C@@H]5C4)nc3)c3c(C#N)cnn3c2)cn1. The van der Waals surface area contributed by atoms with Crippen molar-refractivity contribution in [2.75, 3.05) is 24.5 Å². The van der Waals surface area contributed by atoms with Crippen LogP contribution in [0.4, 0.5) is 5.82 Å². The number of hydrogen-bond donors (Lipinski definition) is 1. The molecule has 2 aliphatic rings. The van der Waals surface area contributed by atoms with Gasteiger partial charge in [-0.2, -0.15) is 15.5 Å². The van der Waals surface area contributed by atoms with Gasteiger partial charge in [-0.1, -0.05) is 11.6 Å². The van der Waals surface area contributed by atoms with E-state index in [1.54, 1.807) is 33.7 Å². The lowest BCUT2D eigenvalue weighted by Gasteiger charge is -2.21. The number of nitriles is 1. The van der Waals surface area contributed by atoms with Gasteiger partial charge < -0.3 is 10.2 Å². The van der Waals surface area contributed by atoms with E-state index in [4.69, 9.17) is 16.6 Å². The summed E-state index contributed by atoms with van der Waals surface area (Å²) in [5.41, 5.74) is 5.26. The molecule has 1 amide bonds. The number of carbonyl (C=O) groups is 1. The third-order valence-corrected chi connectivity index (χ3v) is 8.30. The molecule has 2 fully saturated rings. The summed E-state index contributed by atoms with van der Waals surface area (Å²) in [4.78, 5) is 23.6. The van der Waals surface area contributed by atoms with Gasteiger partial charge in [0.15, 0.2) is 0 Å². The van der Waals surface area contributed by atoms with E-state index in [1.807, 2.05) is 37.9 Å². The number of aromatic nitrogens is 6. The number of halogens is 1. The van der Waals surface area contributed by atoms with Gasteiger partial charge in [0.1, 0.15) is 17.6 Å². The zero-order chi connectivity index (χ0) is 27.4. The van der Waals surface area contributed by atoms with Gasteiger partial charge in [-0.3, -0.25) is 9.48 Å². The van der Waals surface area contributed by atoms with Crippen molar-refractivity contribution >= 4 is 28.8 Å². The van der Waals surface area contributed by atoms with E-state index in [9.17, 15) is 10.1 Å². The van der Waals surface area contributed by atoms with E-state index in [0.717, 1.165) is 46.7 Å². The van der Waals surface area contributed by atoms with Crippen LogP contribution < -0.4 is 10.2 Å². The summed E-state index contributed by atoms with van der Waals surface area (Å²) in [5, 5.41) is 21.8. The number of hydrogen-bond acceptors (Lipinski definition) is 7. The Kier molecular flexibility index (Phi) is 5.75. The zero-order valence-corrected chi connectivity index (χ0v) is 22.3. The molecule has 0 aromatic carbocycles. The van der Waals surface area contributed by atoms with Gasteiger partial charge in [-0.25, -0.2) is 14.5 Å². The first-order valence-corrected chi connectivity index (χ1v) is 13.4. The lowest BCUT2D eigenvalue weighted by atomic mass is 10.0. The molecule has 5 aromatic rings. The second-order valence-corrected chi connectivity index (χ2v) is 10.8. The lowest BCUT2D eigenvalue weighted by Crippen LogP contribution is -2.31. The van der Waals surface area contributed by atoms with Crippen molar-refractivity contribution in [3.05, 3.63) is 83.8 Å². The Hall–Kier alpha value is -4.75. The molecule has 1 aliphatic heterocycles. The molecule has 0 bridgehead atoms. The summed E-state index contributed by atoms with van der Waals surface area (Å²) in [6.07, 6.45) is 10.7. The van der Waals surface area contributed by atoms with E-state index in [-0.39, 0.29) is 11.6 Å². The molecule has 6 heterocycles. The summed E-state index contributed by atoms with van der Waals surface area (Å²) in [7, 11) is 1.88. The summed E-state index contributed by atoms with van der Waals surface area (Å²) in [6, 6.07) is 11.8. The predicted molar refractivity (Wildman–Crippen MR) is 150 cm³/mol. The van der Waals surface area contributed by atoms with Crippen LogP contribution in [-0.4, -0.2) is 54.9 Å². The highest BCUT2D eigenvalue weighted by atomic mass is 35.5. The number of anilines is 1. The van der Waals surface area contributed by atoms with Gasteiger partial charge in [-0.05, 0) is 48.1 Å². The summed E-state index contributed by atoms with van der Waals surface area (Å²) in [6.45, 7) is 2.44. The number of carbonyl (C=O) groups excluding carboxylic acids is 1. The fourth-order valence-electron chi connectivity index (χ4n) is 5.87. The van der Waals surface area contributed by atoms with Gasteiger partial charge in [0.05, 0.1) is 28.5 Å². The van der Waals surface area contributed by atoms with Crippen LogP contribution in [0.2, 0.25) is 5.02 Å². The van der Waals surface area contributed by atoms with Gasteiger partial charge in [0, 0.05) is 73.7 Å². The molecule has 40 heavy (non-hydrogen) atoms. The number of fused-ring (bicyclic) bond motifs is 2. The Morgan fingerprint density at radius 1 is 1.07 bits per heavy atom. The number of nitrogens with one attached hydrogen (secondary N) is 1. The molecule has 11 heteroatoms. The van der Waals surface area contributed by atoms with Gasteiger partial charge in [0.2, 0.25) is 0 Å². The van der Waals surface area contributed by atoms with Crippen LogP contribution in [0.3, 0.4) is 0 Å². The van der Waals surface area contributed by atoms with Crippen molar-refractivity contribution < 1.29 is 4.79 Å². The zero-order valence-electron chi connectivity index (χ0n) is 21.6. The first kappa shape index (κ1) is 24.3. The Labute approximate surface area is 234 Å². The Balaban J connectivity index is 1.06. The van der Waals surface area contributed by atoms with Crippen LogP contribution in [-0.2, 0) is 7.05 Å². The molecule has 3 atom stereocenters. The minimum Gasteiger partial charge on any atom is -0.356 e. The minimum absolute atomic E-state index is 0.232. The second kappa shape index (κ2) is 9.47. The number of nitrogens with zero attached hydrogens (tertiary/aromatic N) is 8. The molecule has 1 saturated carbocycles. The van der Waals surface area contributed by atoms with Crippen LogP contribution >= 0.6 is 11.6 Å². The van der Waals surface area contributed by atoms with E-state index in [2.05, 4.69) is 43.6 Å². The first-order valence-electron chi connectivity index (χ1n) is 13.0. The van der Waals surface area contributed by atoms with Crippen LogP contribution in [0.15, 0.2) is 67.5 Å². The fraction of sp³-hybridized carbons (Fsp3) is 0.241. The van der Waals surface area contributed by atoms with Crippen LogP contribution in [0.25, 0.3) is 27.8 Å². The lowest BCUT2D eigenvalue weighted by molar-refractivity contribution is 0.0946. The summed E-state index contributed by atoms with van der Waals surface area (Å²) < 4.78 is 3.51. The topological polar surface area (TPSA) is 117 Å². The third kappa shape index (κ3) is 4.15. The summed E-state index contributed by atoms with van der Waals surface area (Å²) in [5.74, 6) is 2.21.